The van der Waals surface area contributed by atoms with Crippen LogP contribution in [0.25, 0.3) is 0 Å². The lowest BCUT2D eigenvalue weighted by atomic mass is 9.96. The van der Waals surface area contributed by atoms with E-state index in [9.17, 15) is 0 Å². The highest BCUT2D eigenvalue weighted by Crippen LogP contribution is 2.48. The summed E-state index contributed by atoms with van der Waals surface area (Å²) in [5.41, 5.74) is 5.66. The summed E-state index contributed by atoms with van der Waals surface area (Å²) in [4.78, 5) is 0. The van der Waals surface area contributed by atoms with Crippen LogP contribution in [0.5, 0.6) is 5.75 Å². The Labute approximate surface area is 163 Å². The predicted molar refractivity (Wildman–Crippen MR) is 108 cm³/mol. The van der Waals surface area contributed by atoms with Crippen LogP contribution in [0.4, 0.5) is 0 Å². The molecule has 0 aliphatic carbocycles. The van der Waals surface area contributed by atoms with Gasteiger partial charge in [-0.3, -0.25) is 0 Å². The number of nitrogens with zero attached hydrogens (tertiary/aromatic N) is 2. The van der Waals surface area contributed by atoms with Crippen LogP contribution < -0.4 is 4.74 Å². The van der Waals surface area contributed by atoms with E-state index < -0.39 is 0 Å². The molecule has 3 aromatic rings. The summed E-state index contributed by atoms with van der Waals surface area (Å²) in [5.74, 6) is 0.885. The van der Waals surface area contributed by atoms with Crippen molar-refractivity contribution in [3.8, 4) is 5.75 Å². The third-order valence-corrected chi connectivity index (χ3v) is 5.46. The van der Waals surface area contributed by atoms with Gasteiger partial charge in [-0.1, -0.05) is 71.8 Å². The van der Waals surface area contributed by atoms with Gasteiger partial charge in [0.1, 0.15) is 5.75 Å². The van der Waals surface area contributed by atoms with Crippen molar-refractivity contribution in [2.24, 2.45) is 5.10 Å². The minimum absolute atomic E-state index is 0.119. The van der Waals surface area contributed by atoms with E-state index in [0.29, 0.717) is 0 Å². The van der Waals surface area contributed by atoms with Gasteiger partial charge in [-0.05, 0) is 30.7 Å². The number of rotatable bonds is 2. The van der Waals surface area contributed by atoms with Gasteiger partial charge in [0.05, 0.1) is 11.8 Å². The van der Waals surface area contributed by atoms with Gasteiger partial charge in [-0.25, -0.2) is 5.01 Å². The van der Waals surface area contributed by atoms with Gasteiger partial charge < -0.3 is 4.74 Å². The van der Waals surface area contributed by atoms with Crippen LogP contribution in [-0.4, -0.2) is 10.7 Å². The standard InChI is InChI=1S/C23H19ClN2O/c1-15-7-9-17(10-8-15)23-26-21(19-13-18(24)11-12-22(19)27-23)14-20(25-26)16-5-3-2-4-6-16/h2-13,21,23H,14H2,1H3/t21-,23+/m1/s1. The first-order chi connectivity index (χ1) is 13.2. The molecule has 0 amide bonds. The number of fused-ring (bicyclic) bond motifs is 3. The van der Waals surface area contributed by atoms with Crippen molar-refractivity contribution in [2.45, 2.75) is 25.6 Å². The quantitative estimate of drug-likeness (QED) is 0.558. The molecule has 3 nitrogen and oxygen atoms in total. The van der Waals surface area contributed by atoms with Gasteiger partial charge in [0.2, 0.25) is 6.23 Å². The summed E-state index contributed by atoms with van der Waals surface area (Å²) >= 11 is 6.28. The van der Waals surface area contributed by atoms with Gasteiger partial charge in [0.15, 0.2) is 0 Å². The zero-order chi connectivity index (χ0) is 18.4. The molecule has 0 spiro atoms. The molecule has 2 aliphatic rings. The Morgan fingerprint density at radius 3 is 2.56 bits per heavy atom. The molecule has 3 aromatic carbocycles. The highest BCUT2D eigenvalue weighted by atomic mass is 35.5. The van der Waals surface area contributed by atoms with Crippen molar-refractivity contribution in [3.63, 3.8) is 0 Å². The molecule has 0 bridgehead atoms. The molecule has 0 unspecified atom stereocenters. The van der Waals surface area contributed by atoms with Crippen LogP contribution in [-0.2, 0) is 0 Å². The van der Waals surface area contributed by atoms with E-state index in [0.717, 1.165) is 39.6 Å². The summed E-state index contributed by atoms with van der Waals surface area (Å²) < 4.78 is 6.37. The summed E-state index contributed by atoms with van der Waals surface area (Å²) in [6.07, 6.45) is 0.591. The van der Waals surface area contributed by atoms with E-state index in [4.69, 9.17) is 21.4 Å². The van der Waals surface area contributed by atoms with Crippen molar-refractivity contribution in [3.05, 3.63) is 100 Å². The molecule has 0 saturated carbocycles. The second-order valence-electron chi connectivity index (χ2n) is 7.08. The first-order valence-electron chi connectivity index (χ1n) is 9.13. The molecule has 5 rings (SSSR count). The normalized spacial score (nSPS) is 20.5. The van der Waals surface area contributed by atoms with Crippen LogP contribution in [0.1, 0.15) is 40.9 Å². The molecule has 2 aliphatic heterocycles. The van der Waals surface area contributed by atoms with E-state index in [1.54, 1.807) is 0 Å². The topological polar surface area (TPSA) is 24.8 Å². The third kappa shape index (κ3) is 2.88. The summed E-state index contributed by atoms with van der Waals surface area (Å²) in [6.45, 7) is 2.09. The molecule has 0 saturated heterocycles. The van der Waals surface area contributed by atoms with Crippen molar-refractivity contribution in [1.82, 2.24) is 5.01 Å². The summed E-state index contributed by atoms with van der Waals surface area (Å²) in [7, 11) is 0. The zero-order valence-electron chi connectivity index (χ0n) is 15.0. The molecule has 2 atom stereocenters. The Hall–Kier alpha value is -2.78. The SMILES string of the molecule is Cc1ccc([C@@H]2Oc3ccc(Cl)cc3[C@H]3CC(c4ccccc4)=NN32)cc1. The van der Waals surface area contributed by atoms with E-state index in [-0.39, 0.29) is 12.3 Å². The van der Waals surface area contributed by atoms with Crippen LogP contribution in [0, 0.1) is 6.92 Å². The Bertz CT molecular complexity index is 1010. The maximum atomic E-state index is 6.37. The average molecular weight is 375 g/mol. The van der Waals surface area contributed by atoms with E-state index in [2.05, 4.69) is 48.3 Å². The number of halogens is 1. The van der Waals surface area contributed by atoms with Crippen LogP contribution in [0.3, 0.4) is 0 Å². The van der Waals surface area contributed by atoms with Crippen LogP contribution >= 0.6 is 11.6 Å². The number of ether oxygens (including phenoxy) is 1. The maximum absolute atomic E-state index is 6.37. The molecule has 2 heterocycles. The Morgan fingerprint density at radius 1 is 1.00 bits per heavy atom. The van der Waals surface area contributed by atoms with E-state index in [1.165, 1.54) is 5.56 Å². The minimum atomic E-state index is -0.245. The number of hydrazone groups is 1. The molecular formula is C23H19ClN2O. The molecule has 0 aromatic heterocycles. The molecule has 0 fully saturated rings. The highest BCUT2D eigenvalue weighted by Gasteiger charge is 2.41. The molecule has 27 heavy (non-hydrogen) atoms. The van der Waals surface area contributed by atoms with Gasteiger partial charge in [-0.2, -0.15) is 5.10 Å². The average Bonchev–Trinajstić information content (AvgIpc) is 3.15. The highest BCUT2D eigenvalue weighted by molar-refractivity contribution is 6.30. The largest absolute Gasteiger partial charge is 0.464 e. The molecular weight excluding hydrogens is 356 g/mol. The minimum Gasteiger partial charge on any atom is -0.464 e. The Kier molecular flexibility index (Phi) is 3.91. The van der Waals surface area contributed by atoms with Crippen molar-refractivity contribution < 1.29 is 4.74 Å². The fourth-order valence-corrected chi connectivity index (χ4v) is 3.99. The number of benzene rings is 3. The van der Waals surface area contributed by atoms with Crippen LogP contribution in [0.15, 0.2) is 77.9 Å². The Balaban J connectivity index is 1.61. The zero-order valence-corrected chi connectivity index (χ0v) is 15.7. The molecule has 4 heteroatoms. The number of hydrogen-bond donors (Lipinski definition) is 0. The maximum Gasteiger partial charge on any atom is 0.213 e. The number of hydrogen-bond acceptors (Lipinski definition) is 3. The third-order valence-electron chi connectivity index (χ3n) is 5.22. The fourth-order valence-electron chi connectivity index (χ4n) is 3.81. The summed E-state index contributed by atoms with van der Waals surface area (Å²) in [5, 5.41) is 7.78. The Morgan fingerprint density at radius 2 is 1.78 bits per heavy atom. The van der Waals surface area contributed by atoms with Gasteiger partial charge in [-0.15, -0.1) is 0 Å². The van der Waals surface area contributed by atoms with E-state index >= 15 is 0 Å². The van der Waals surface area contributed by atoms with Gasteiger partial charge in [0.25, 0.3) is 0 Å². The predicted octanol–water partition coefficient (Wildman–Crippen LogP) is 5.89. The lowest BCUT2D eigenvalue weighted by Gasteiger charge is -2.38. The van der Waals surface area contributed by atoms with Gasteiger partial charge >= 0.3 is 0 Å². The molecule has 134 valence electrons. The lowest BCUT2D eigenvalue weighted by Crippen LogP contribution is -2.33. The van der Waals surface area contributed by atoms with Crippen molar-refractivity contribution in [2.75, 3.05) is 0 Å². The first kappa shape index (κ1) is 16.4. The molecule has 0 radical (unpaired) electrons. The number of aryl methyl sites for hydroxylation is 1. The first-order valence-corrected chi connectivity index (χ1v) is 9.51. The lowest BCUT2D eigenvalue weighted by molar-refractivity contribution is -0.0190. The smallest absolute Gasteiger partial charge is 0.213 e. The second-order valence-corrected chi connectivity index (χ2v) is 7.51. The fraction of sp³-hybridized carbons (Fsp3) is 0.174. The second kappa shape index (κ2) is 6.43. The van der Waals surface area contributed by atoms with Crippen LogP contribution in [0.2, 0.25) is 5.02 Å². The molecule has 0 N–H and O–H groups in total. The van der Waals surface area contributed by atoms with Crippen molar-refractivity contribution >= 4 is 17.3 Å². The van der Waals surface area contributed by atoms with E-state index in [1.807, 2.05) is 36.4 Å². The van der Waals surface area contributed by atoms with Gasteiger partial charge in [0, 0.05) is 22.6 Å². The summed E-state index contributed by atoms with van der Waals surface area (Å²) in [6, 6.07) is 24.8. The van der Waals surface area contributed by atoms with Crippen molar-refractivity contribution in [1.29, 1.82) is 0 Å². The monoisotopic (exact) mass is 374 g/mol.